The first-order valence-corrected chi connectivity index (χ1v) is 7.47. The number of rotatable bonds is 6. The Morgan fingerprint density at radius 2 is 2.17 bits per heavy atom. The molecule has 1 saturated heterocycles. The third-order valence-electron chi connectivity index (χ3n) is 3.10. The highest BCUT2D eigenvalue weighted by Crippen LogP contribution is 2.34. The maximum atomic E-state index is 12.2. The number of methoxy groups -OCH3 is 1. The van der Waals surface area contributed by atoms with E-state index in [0.717, 1.165) is 11.0 Å². The minimum absolute atomic E-state index is 0.0670. The number of thioether (sulfide) groups is 1. The summed E-state index contributed by atoms with van der Waals surface area (Å²) in [6, 6.07) is 3.51. The number of hydrogen-bond acceptors (Lipinski definition) is 7. The molecule has 1 aliphatic rings. The lowest BCUT2D eigenvalue weighted by Gasteiger charge is -2.11. The highest BCUT2D eigenvalue weighted by atomic mass is 32.2. The first-order chi connectivity index (χ1) is 10.9. The minimum atomic E-state index is -0.617. The van der Waals surface area contributed by atoms with Crippen LogP contribution in [0.3, 0.4) is 0 Å². The van der Waals surface area contributed by atoms with E-state index in [1.165, 1.54) is 25.3 Å². The highest BCUT2D eigenvalue weighted by molar-refractivity contribution is 8.18. The van der Waals surface area contributed by atoms with Crippen molar-refractivity contribution >= 4 is 34.7 Å². The molecule has 0 atom stereocenters. The number of ether oxygens (including phenoxy) is 1. The van der Waals surface area contributed by atoms with Gasteiger partial charge in [-0.25, -0.2) is 0 Å². The molecule has 1 aromatic rings. The average Bonchev–Trinajstić information content (AvgIpc) is 2.74. The second kappa shape index (κ2) is 7.25. The van der Waals surface area contributed by atoms with Gasteiger partial charge in [-0.3, -0.25) is 24.6 Å². The van der Waals surface area contributed by atoms with Crippen LogP contribution in [0.15, 0.2) is 23.1 Å². The molecule has 0 aliphatic carbocycles. The van der Waals surface area contributed by atoms with Crippen molar-refractivity contribution in [2.45, 2.75) is 6.42 Å². The Kier molecular flexibility index (Phi) is 5.35. The summed E-state index contributed by atoms with van der Waals surface area (Å²) in [7, 11) is 1.52. The zero-order valence-corrected chi connectivity index (χ0v) is 13.0. The van der Waals surface area contributed by atoms with Crippen LogP contribution in [0.2, 0.25) is 0 Å². The summed E-state index contributed by atoms with van der Waals surface area (Å²) < 4.78 is 4.88. The molecule has 1 fully saturated rings. The zero-order valence-electron chi connectivity index (χ0n) is 12.2. The predicted octanol–water partition coefficient (Wildman–Crippen LogP) is 2.37. The second-order valence-electron chi connectivity index (χ2n) is 4.68. The van der Waals surface area contributed by atoms with Gasteiger partial charge in [0.15, 0.2) is 0 Å². The Morgan fingerprint density at radius 1 is 1.43 bits per heavy atom. The summed E-state index contributed by atoms with van der Waals surface area (Å²) in [5.74, 6) is -0.671. The standard InChI is InChI=1S/C14H14N2O6S/c1-22-6-2-5-15-13(18)12(23-14(15)19)8-9-7-10(17)3-4-11(9)16(20)21/h3-4,7-8,17H,2,5-6H2,1H3/b12-8+. The van der Waals surface area contributed by atoms with Crippen LogP contribution < -0.4 is 0 Å². The van der Waals surface area contributed by atoms with E-state index in [1.54, 1.807) is 0 Å². The Morgan fingerprint density at radius 3 is 2.83 bits per heavy atom. The van der Waals surface area contributed by atoms with E-state index >= 15 is 0 Å². The molecule has 122 valence electrons. The van der Waals surface area contributed by atoms with Crippen molar-refractivity contribution < 1.29 is 24.4 Å². The lowest BCUT2D eigenvalue weighted by Crippen LogP contribution is -2.29. The summed E-state index contributed by atoms with van der Waals surface area (Å²) >= 11 is 0.714. The molecule has 2 amide bonds. The van der Waals surface area contributed by atoms with Gasteiger partial charge in [-0.15, -0.1) is 0 Å². The molecule has 0 radical (unpaired) electrons. The Balaban J connectivity index is 2.27. The average molecular weight is 338 g/mol. The fourth-order valence-corrected chi connectivity index (χ4v) is 2.88. The summed E-state index contributed by atoms with van der Waals surface area (Å²) in [6.07, 6.45) is 1.76. The van der Waals surface area contributed by atoms with Gasteiger partial charge in [-0.2, -0.15) is 0 Å². The van der Waals surface area contributed by atoms with E-state index in [9.17, 15) is 24.8 Å². The van der Waals surface area contributed by atoms with Gasteiger partial charge in [0.2, 0.25) is 0 Å². The third-order valence-corrected chi connectivity index (χ3v) is 4.01. The molecule has 1 N–H and O–H groups in total. The van der Waals surface area contributed by atoms with E-state index in [4.69, 9.17) is 4.74 Å². The van der Waals surface area contributed by atoms with Crippen molar-refractivity contribution in [3.05, 3.63) is 38.8 Å². The lowest BCUT2D eigenvalue weighted by molar-refractivity contribution is -0.385. The number of benzene rings is 1. The van der Waals surface area contributed by atoms with Crippen LogP contribution in [0.5, 0.6) is 5.75 Å². The first-order valence-electron chi connectivity index (χ1n) is 6.65. The number of carbonyl (C=O) groups is 2. The van der Waals surface area contributed by atoms with Crippen molar-refractivity contribution in [1.29, 1.82) is 0 Å². The van der Waals surface area contributed by atoms with E-state index in [1.807, 2.05) is 0 Å². The summed E-state index contributed by atoms with van der Waals surface area (Å²) in [4.78, 5) is 35.6. The predicted molar refractivity (Wildman–Crippen MR) is 83.9 cm³/mol. The van der Waals surface area contributed by atoms with Gasteiger partial charge in [0.25, 0.3) is 16.8 Å². The molecule has 0 aromatic heterocycles. The van der Waals surface area contributed by atoms with Crippen molar-refractivity contribution in [3.63, 3.8) is 0 Å². The number of imide groups is 1. The number of nitrogens with zero attached hydrogens (tertiary/aromatic N) is 2. The van der Waals surface area contributed by atoms with E-state index in [2.05, 4.69) is 0 Å². The molecule has 0 saturated carbocycles. The maximum Gasteiger partial charge on any atom is 0.293 e. The van der Waals surface area contributed by atoms with Crippen LogP contribution in [0.4, 0.5) is 10.5 Å². The van der Waals surface area contributed by atoms with Crippen LogP contribution in [0.1, 0.15) is 12.0 Å². The van der Waals surface area contributed by atoms with Gasteiger partial charge in [0, 0.05) is 26.3 Å². The Hall–Kier alpha value is -2.39. The molecular formula is C14H14N2O6S. The molecule has 1 heterocycles. The van der Waals surface area contributed by atoms with Crippen molar-refractivity contribution in [1.82, 2.24) is 4.90 Å². The molecule has 0 spiro atoms. The molecular weight excluding hydrogens is 324 g/mol. The smallest absolute Gasteiger partial charge is 0.293 e. The topological polar surface area (TPSA) is 110 Å². The largest absolute Gasteiger partial charge is 0.508 e. The molecule has 0 unspecified atom stereocenters. The number of aromatic hydroxyl groups is 1. The number of nitro groups is 1. The fraction of sp³-hybridized carbons (Fsp3) is 0.286. The van der Waals surface area contributed by atoms with Gasteiger partial charge in [-0.1, -0.05) is 0 Å². The quantitative estimate of drug-likeness (QED) is 0.367. The molecule has 9 heteroatoms. The van der Waals surface area contributed by atoms with Gasteiger partial charge in [0.05, 0.1) is 15.4 Å². The van der Waals surface area contributed by atoms with E-state index in [-0.39, 0.29) is 28.5 Å². The molecule has 8 nitrogen and oxygen atoms in total. The summed E-state index contributed by atoms with van der Waals surface area (Å²) in [6.45, 7) is 0.636. The Labute approximate surface area is 135 Å². The number of amides is 2. The number of nitro benzene ring substituents is 1. The van der Waals surface area contributed by atoms with Crippen LogP contribution in [-0.2, 0) is 9.53 Å². The highest BCUT2D eigenvalue weighted by Gasteiger charge is 2.35. The van der Waals surface area contributed by atoms with Gasteiger partial charge >= 0.3 is 0 Å². The number of hydrogen-bond donors (Lipinski definition) is 1. The number of carbonyl (C=O) groups excluding carboxylic acids is 2. The van der Waals surface area contributed by atoms with E-state index in [0.29, 0.717) is 24.8 Å². The summed E-state index contributed by atoms with van der Waals surface area (Å²) in [5.41, 5.74) is -0.189. The normalized spacial score (nSPS) is 16.4. The third kappa shape index (κ3) is 3.88. The van der Waals surface area contributed by atoms with Gasteiger partial charge in [-0.05, 0) is 36.4 Å². The molecule has 1 aromatic carbocycles. The van der Waals surface area contributed by atoms with Crippen molar-refractivity contribution in [2.24, 2.45) is 0 Å². The monoisotopic (exact) mass is 338 g/mol. The molecule has 2 rings (SSSR count). The van der Waals surface area contributed by atoms with Crippen LogP contribution >= 0.6 is 11.8 Å². The maximum absolute atomic E-state index is 12.2. The van der Waals surface area contributed by atoms with Gasteiger partial charge in [0.1, 0.15) is 5.75 Å². The van der Waals surface area contributed by atoms with Crippen LogP contribution in [0, 0.1) is 10.1 Å². The molecule has 1 aliphatic heterocycles. The first kappa shape index (κ1) is 17.0. The number of phenols is 1. The van der Waals surface area contributed by atoms with Crippen LogP contribution in [0.25, 0.3) is 6.08 Å². The second-order valence-corrected chi connectivity index (χ2v) is 5.67. The SMILES string of the molecule is COCCCN1C(=O)S/C(=C/c2cc(O)ccc2[N+](=O)[O-])C1=O. The minimum Gasteiger partial charge on any atom is -0.508 e. The van der Waals surface area contributed by atoms with Crippen molar-refractivity contribution in [2.75, 3.05) is 20.3 Å². The fourth-order valence-electron chi connectivity index (χ4n) is 2.02. The zero-order chi connectivity index (χ0) is 17.0. The lowest BCUT2D eigenvalue weighted by atomic mass is 10.1. The molecule has 0 bridgehead atoms. The van der Waals surface area contributed by atoms with Crippen molar-refractivity contribution in [3.8, 4) is 5.75 Å². The Bertz CT molecular complexity index is 688. The summed E-state index contributed by atoms with van der Waals surface area (Å²) in [5, 5.41) is 20.0. The number of phenolic OH excluding ortho intramolecular Hbond substituents is 1. The molecule has 23 heavy (non-hydrogen) atoms. The van der Waals surface area contributed by atoms with Gasteiger partial charge < -0.3 is 9.84 Å². The van der Waals surface area contributed by atoms with Crippen LogP contribution in [-0.4, -0.2) is 46.3 Å². The van der Waals surface area contributed by atoms with E-state index < -0.39 is 16.1 Å².